The standard InChI is InChI=1S/C6H12Ge2.5C3H9Si.BrGe/c1-5(2,7)6(3,4)8;5*1-4(2)3;1-2/h1-4H3;5*1-3H3;. The summed E-state index contributed by atoms with van der Waals surface area (Å²) in [4.78, 5) is 0. The summed E-state index contributed by atoms with van der Waals surface area (Å²) < 4.78 is 0.875. The van der Waals surface area contributed by atoms with Crippen molar-refractivity contribution in [2.24, 2.45) is 0 Å². The van der Waals surface area contributed by atoms with E-state index < -0.39 is 0 Å². The van der Waals surface area contributed by atoms with E-state index in [1.807, 2.05) is 14.7 Å². The van der Waals surface area contributed by atoms with Gasteiger partial charge in [0.2, 0.25) is 0 Å². The number of hydrogen-bond acceptors (Lipinski definition) is 0. The minimum atomic E-state index is 0.120. The van der Waals surface area contributed by atoms with Gasteiger partial charge in [0, 0.05) is 44.0 Å². The SMILES string of the molecule is C[C](C)([Ge])[C](C)(C)[Ge].C[Si](C)C.C[Si](C)C.C[Si](C)C.C[Si](C)C.C[Si](C)C.[Ge][Br]. The Kier molecular flexibility index (Phi) is 57.4. The quantitative estimate of drug-likeness (QED) is 0.235. The zero-order valence-corrected chi connectivity index (χ0v) is 37.3. The second-order valence-electron chi connectivity index (χ2n) is 10.8. The second-order valence-corrected chi connectivity index (χ2v) is 31.0. The van der Waals surface area contributed by atoms with Gasteiger partial charge in [0.05, 0.1) is 0 Å². The van der Waals surface area contributed by atoms with Gasteiger partial charge in [-0.15, -0.1) is 0 Å². The van der Waals surface area contributed by atoms with Gasteiger partial charge in [0.15, 0.2) is 0 Å². The Morgan fingerprint density at radius 3 is 0.400 bits per heavy atom. The fraction of sp³-hybridized carbons (Fsp3) is 1.00. The topological polar surface area (TPSA) is 0 Å². The third kappa shape index (κ3) is 191. The fourth-order valence-corrected chi connectivity index (χ4v) is 0. The third-order valence-corrected chi connectivity index (χ3v) is 5.29. The van der Waals surface area contributed by atoms with Crippen molar-refractivity contribution in [1.29, 1.82) is 0 Å². The van der Waals surface area contributed by atoms with Crippen molar-refractivity contribution in [3.05, 3.63) is 0 Å². The van der Waals surface area contributed by atoms with Crippen molar-refractivity contribution in [2.75, 3.05) is 0 Å². The molecule has 180 valence electrons. The Morgan fingerprint density at radius 2 is 0.400 bits per heavy atom. The number of rotatable bonds is 1. The Labute approximate surface area is 237 Å². The second kappa shape index (κ2) is 34.4. The molecular weight excluding hydrogens is 690 g/mol. The fourth-order valence-electron chi connectivity index (χ4n) is 0. The predicted octanol–water partition coefficient (Wildman–Crippen LogP) is 9.04. The molecule has 0 fully saturated rings. The summed E-state index contributed by atoms with van der Waals surface area (Å²) in [5.41, 5.74) is 0. The summed E-state index contributed by atoms with van der Waals surface area (Å²) in [6, 6.07) is 0. The molecule has 0 aliphatic rings. The summed E-state index contributed by atoms with van der Waals surface area (Å²) >= 11 is 9.29. The van der Waals surface area contributed by atoms with Gasteiger partial charge in [-0.2, -0.15) is 0 Å². The van der Waals surface area contributed by atoms with E-state index >= 15 is 0 Å². The average molecular weight is 748 g/mol. The molecule has 0 aromatic heterocycles. The molecule has 0 atom stereocenters. The van der Waals surface area contributed by atoms with Crippen LogP contribution in [0.15, 0.2) is 0 Å². The summed E-state index contributed by atoms with van der Waals surface area (Å²) in [7, 11) is 0.602. The number of halogens is 1. The molecule has 0 spiro atoms. The van der Waals surface area contributed by atoms with Crippen molar-refractivity contribution in [2.45, 2.75) is 134 Å². The van der Waals surface area contributed by atoms with E-state index in [0.29, 0.717) is 8.49 Å². The molecule has 0 aliphatic heterocycles. The van der Waals surface area contributed by atoms with Gasteiger partial charge >= 0.3 is 97.9 Å². The van der Waals surface area contributed by atoms with Crippen molar-refractivity contribution >= 4 is 106 Å². The molecule has 14 radical (unpaired) electrons. The molecule has 9 heteroatoms. The molecule has 0 rings (SSSR count). The molecule has 0 bridgehead atoms. The van der Waals surface area contributed by atoms with Crippen LogP contribution in [0.25, 0.3) is 0 Å². The van der Waals surface area contributed by atoms with Gasteiger partial charge in [-0.1, -0.05) is 98.2 Å². The molecule has 0 saturated carbocycles. The van der Waals surface area contributed by atoms with Crippen LogP contribution in [-0.4, -0.2) is 91.7 Å². The first-order chi connectivity index (χ1) is 12.9. The van der Waals surface area contributed by atoms with Gasteiger partial charge in [-0.3, -0.25) is 0 Å². The molecule has 30 heavy (non-hydrogen) atoms. The maximum atomic E-state index is 2.94. The van der Waals surface area contributed by atoms with Crippen LogP contribution in [0.4, 0.5) is 0 Å². The van der Waals surface area contributed by atoms with E-state index in [1.54, 1.807) is 0 Å². The first-order valence-corrected chi connectivity index (χ1v) is 32.5. The van der Waals surface area contributed by atoms with E-state index in [-0.39, 0.29) is 44.0 Å². The van der Waals surface area contributed by atoms with Crippen molar-refractivity contribution in [3.8, 4) is 0 Å². The van der Waals surface area contributed by atoms with Crippen molar-refractivity contribution < 1.29 is 0 Å². The Bertz CT molecular complexity index is 206. The molecular formula is C21H57BrGe3Si5. The summed E-state index contributed by atoms with van der Waals surface area (Å²) in [5, 5.41) is 0. The van der Waals surface area contributed by atoms with E-state index in [2.05, 4.69) is 173 Å². The van der Waals surface area contributed by atoms with Crippen LogP contribution < -0.4 is 0 Å². The Morgan fingerprint density at radius 1 is 0.367 bits per heavy atom. The van der Waals surface area contributed by atoms with Gasteiger partial charge in [-0.25, -0.2) is 0 Å². The summed E-state index contributed by atoms with van der Waals surface area (Å²) in [5.74, 6) is 0. The molecule has 0 nitrogen and oxygen atoms in total. The average Bonchev–Trinajstić information content (AvgIpc) is 2.34. The van der Waals surface area contributed by atoms with E-state index in [9.17, 15) is 0 Å². The molecule has 0 aromatic carbocycles. The molecule has 0 aliphatic carbocycles. The zero-order valence-electron chi connectivity index (χ0n) is 24.4. The van der Waals surface area contributed by atoms with Crippen LogP contribution in [-0.2, 0) is 0 Å². The van der Waals surface area contributed by atoms with E-state index in [4.69, 9.17) is 0 Å². The van der Waals surface area contributed by atoms with Gasteiger partial charge in [-0.05, 0) is 0 Å². The molecule has 0 amide bonds. The number of hydrogen-bond donors (Lipinski definition) is 0. The third-order valence-electron chi connectivity index (χ3n) is 1.56. The van der Waals surface area contributed by atoms with Crippen LogP contribution in [0, 0.1) is 0 Å². The first-order valence-electron chi connectivity index (χ1n) is 10.4. The van der Waals surface area contributed by atoms with Crippen LogP contribution >= 0.6 is 14.0 Å². The van der Waals surface area contributed by atoms with Crippen LogP contribution in [0.2, 0.25) is 107 Å². The van der Waals surface area contributed by atoms with Crippen molar-refractivity contribution in [1.82, 2.24) is 0 Å². The predicted molar refractivity (Wildman–Crippen MR) is 171 cm³/mol. The summed E-state index contributed by atoms with van der Waals surface area (Å²) in [6.07, 6.45) is 0. The van der Waals surface area contributed by atoms with Crippen LogP contribution in [0.3, 0.4) is 0 Å². The molecule has 0 heterocycles. The van der Waals surface area contributed by atoms with Crippen LogP contribution in [0.5, 0.6) is 0 Å². The van der Waals surface area contributed by atoms with Gasteiger partial charge < -0.3 is 0 Å². The van der Waals surface area contributed by atoms with E-state index in [0.717, 1.165) is 0 Å². The Hall–Kier alpha value is 3.19. The van der Waals surface area contributed by atoms with Gasteiger partial charge in [0.25, 0.3) is 0 Å². The monoisotopic (exact) mass is 750 g/mol. The molecule has 0 unspecified atom stereocenters. The van der Waals surface area contributed by atoms with Crippen LogP contribution in [0.1, 0.15) is 27.7 Å². The molecule has 0 N–H and O–H groups in total. The molecule has 0 aromatic rings. The minimum absolute atomic E-state index is 0.120. The molecule has 0 saturated heterocycles. The van der Waals surface area contributed by atoms with Crippen molar-refractivity contribution in [3.63, 3.8) is 0 Å². The summed E-state index contributed by atoms with van der Waals surface area (Å²) in [6.45, 7) is 43.1. The normalized spacial score (nSPS) is 10.0. The first kappa shape index (κ1) is 50.1. The van der Waals surface area contributed by atoms with E-state index in [1.165, 1.54) is 0 Å². The maximum absolute atomic E-state index is 2.94. The zero-order chi connectivity index (χ0) is 26.9. The Balaban J connectivity index is -0.0000000428. The van der Waals surface area contributed by atoms with Gasteiger partial charge in [0.1, 0.15) is 0 Å².